The first-order valence-corrected chi connectivity index (χ1v) is 5.42. The monoisotopic (exact) mass is 242 g/mol. The summed E-state index contributed by atoms with van der Waals surface area (Å²) in [5.41, 5.74) is 2.15. The molecule has 0 aliphatic heterocycles. The highest BCUT2D eigenvalue weighted by Crippen LogP contribution is 2.24. The smallest absolute Gasteiger partial charge is 0.337 e. The van der Waals surface area contributed by atoms with E-state index in [1.807, 2.05) is 13.0 Å². The van der Waals surface area contributed by atoms with Crippen molar-refractivity contribution >= 4 is 17.0 Å². The molecule has 3 rings (SSSR count). The number of nitrogens with one attached hydrogen (secondary N) is 1. The standard InChI is InChI=1S/C13H10N2O3/c1-7-5-8(6-18-7)12-14-10-4-2-3-9(13(16)17)11(10)15-12/h2-6H,1H3,(H,14,15)(H,16,17). The van der Waals surface area contributed by atoms with Crippen molar-refractivity contribution in [3.8, 4) is 11.4 Å². The predicted molar refractivity (Wildman–Crippen MR) is 65.5 cm³/mol. The molecule has 0 fully saturated rings. The number of furan rings is 1. The molecule has 3 aromatic rings. The van der Waals surface area contributed by atoms with Crippen molar-refractivity contribution in [2.45, 2.75) is 6.92 Å². The third-order valence-corrected chi connectivity index (χ3v) is 2.75. The highest BCUT2D eigenvalue weighted by Gasteiger charge is 2.13. The van der Waals surface area contributed by atoms with Gasteiger partial charge < -0.3 is 14.5 Å². The molecule has 18 heavy (non-hydrogen) atoms. The van der Waals surface area contributed by atoms with Gasteiger partial charge in [-0.05, 0) is 25.1 Å². The first-order valence-electron chi connectivity index (χ1n) is 5.42. The topological polar surface area (TPSA) is 79.1 Å². The minimum Gasteiger partial charge on any atom is -0.478 e. The van der Waals surface area contributed by atoms with Gasteiger partial charge in [0.15, 0.2) is 0 Å². The van der Waals surface area contributed by atoms with E-state index in [9.17, 15) is 4.79 Å². The number of carbonyl (C=O) groups is 1. The summed E-state index contributed by atoms with van der Waals surface area (Å²) in [6, 6.07) is 6.87. The van der Waals surface area contributed by atoms with Gasteiger partial charge in [0.1, 0.15) is 23.4 Å². The number of carboxylic acids is 1. The number of carboxylic acid groups (broad SMARTS) is 1. The Morgan fingerprint density at radius 3 is 2.94 bits per heavy atom. The summed E-state index contributed by atoms with van der Waals surface area (Å²) in [5, 5.41) is 9.09. The summed E-state index contributed by atoms with van der Waals surface area (Å²) in [5.74, 6) is 0.404. The Morgan fingerprint density at radius 1 is 1.44 bits per heavy atom. The molecule has 2 aromatic heterocycles. The second-order valence-corrected chi connectivity index (χ2v) is 4.04. The van der Waals surface area contributed by atoms with Crippen LogP contribution in [0.2, 0.25) is 0 Å². The third-order valence-electron chi connectivity index (χ3n) is 2.75. The van der Waals surface area contributed by atoms with Crippen LogP contribution in [0, 0.1) is 6.92 Å². The molecule has 0 aliphatic carbocycles. The van der Waals surface area contributed by atoms with Crippen LogP contribution in [-0.2, 0) is 0 Å². The average Bonchev–Trinajstić information content (AvgIpc) is 2.93. The van der Waals surface area contributed by atoms with Gasteiger partial charge >= 0.3 is 5.97 Å². The molecule has 0 atom stereocenters. The molecule has 2 heterocycles. The first-order chi connectivity index (χ1) is 8.65. The van der Waals surface area contributed by atoms with Crippen molar-refractivity contribution in [1.82, 2.24) is 9.97 Å². The van der Waals surface area contributed by atoms with Gasteiger partial charge in [-0.15, -0.1) is 0 Å². The molecule has 5 nitrogen and oxygen atoms in total. The zero-order valence-electron chi connectivity index (χ0n) is 9.60. The van der Waals surface area contributed by atoms with Crippen LogP contribution in [0.15, 0.2) is 34.9 Å². The molecule has 0 unspecified atom stereocenters. The van der Waals surface area contributed by atoms with Crippen molar-refractivity contribution in [2.24, 2.45) is 0 Å². The molecule has 5 heteroatoms. The molecule has 0 aliphatic rings. The second-order valence-electron chi connectivity index (χ2n) is 4.04. The number of hydrogen-bond acceptors (Lipinski definition) is 3. The van der Waals surface area contributed by atoms with E-state index >= 15 is 0 Å². The zero-order valence-corrected chi connectivity index (χ0v) is 9.60. The van der Waals surface area contributed by atoms with Gasteiger partial charge in [0.2, 0.25) is 0 Å². The van der Waals surface area contributed by atoms with E-state index < -0.39 is 5.97 Å². The normalized spacial score (nSPS) is 10.9. The molecule has 0 radical (unpaired) electrons. The quantitative estimate of drug-likeness (QED) is 0.724. The maximum atomic E-state index is 11.1. The number of para-hydroxylation sites is 1. The van der Waals surface area contributed by atoms with E-state index in [2.05, 4.69) is 9.97 Å². The molecule has 0 saturated heterocycles. The minimum atomic E-state index is -0.984. The summed E-state index contributed by atoms with van der Waals surface area (Å²) in [6.45, 7) is 1.84. The Bertz CT molecular complexity index is 740. The van der Waals surface area contributed by atoms with Crippen LogP contribution in [0.5, 0.6) is 0 Å². The number of imidazole rings is 1. The predicted octanol–water partition coefficient (Wildman–Crippen LogP) is 2.83. The van der Waals surface area contributed by atoms with Crippen molar-refractivity contribution in [3.63, 3.8) is 0 Å². The fourth-order valence-electron chi connectivity index (χ4n) is 1.91. The molecule has 0 spiro atoms. The van der Waals surface area contributed by atoms with Gasteiger partial charge in [-0.2, -0.15) is 0 Å². The number of aromatic nitrogens is 2. The number of hydrogen-bond donors (Lipinski definition) is 2. The van der Waals surface area contributed by atoms with E-state index in [-0.39, 0.29) is 5.56 Å². The summed E-state index contributed by atoms with van der Waals surface area (Å²) in [6.07, 6.45) is 1.59. The SMILES string of the molecule is Cc1cc(-c2nc3c(C(=O)O)cccc3[nH]2)co1. The van der Waals surface area contributed by atoms with Crippen LogP contribution in [0.4, 0.5) is 0 Å². The number of benzene rings is 1. The van der Waals surface area contributed by atoms with E-state index in [0.717, 1.165) is 11.3 Å². The lowest BCUT2D eigenvalue weighted by Crippen LogP contribution is -1.96. The molecule has 2 N–H and O–H groups in total. The average molecular weight is 242 g/mol. The van der Waals surface area contributed by atoms with Gasteiger partial charge in [-0.1, -0.05) is 6.07 Å². The Balaban J connectivity index is 2.22. The second kappa shape index (κ2) is 3.73. The third kappa shape index (κ3) is 1.57. The summed E-state index contributed by atoms with van der Waals surface area (Å²) in [4.78, 5) is 18.5. The molecule has 0 saturated carbocycles. The number of aromatic carboxylic acids is 1. The molecular formula is C13H10N2O3. The van der Waals surface area contributed by atoms with Crippen molar-refractivity contribution in [2.75, 3.05) is 0 Å². The minimum absolute atomic E-state index is 0.190. The first kappa shape index (κ1) is 10.6. The van der Waals surface area contributed by atoms with Crippen LogP contribution in [0.3, 0.4) is 0 Å². The summed E-state index contributed by atoms with van der Waals surface area (Å²) >= 11 is 0. The lowest BCUT2D eigenvalue weighted by Gasteiger charge is -1.93. The van der Waals surface area contributed by atoms with Gasteiger partial charge in [-0.25, -0.2) is 9.78 Å². The molecule has 1 aromatic carbocycles. The van der Waals surface area contributed by atoms with Crippen LogP contribution in [0.25, 0.3) is 22.4 Å². The van der Waals surface area contributed by atoms with Gasteiger partial charge in [0.25, 0.3) is 0 Å². The number of H-pyrrole nitrogens is 1. The van der Waals surface area contributed by atoms with E-state index in [1.165, 1.54) is 6.07 Å². The van der Waals surface area contributed by atoms with Crippen LogP contribution >= 0.6 is 0 Å². The maximum absolute atomic E-state index is 11.1. The molecule has 0 bridgehead atoms. The zero-order chi connectivity index (χ0) is 12.7. The number of rotatable bonds is 2. The number of aromatic amines is 1. The Kier molecular flexibility index (Phi) is 2.19. The number of fused-ring (bicyclic) bond motifs is 1. The fraction of sp³-hybridized carbons (Fsp3) is 0.0769. The number of nitrogens with zero attached hydrogens (tertiary/aromatic N) is 1. The lowest BCUT2D eigenvalue weighted by molar-refractivity contribution is 0.0699. The van der Waals surface area contributed by atoms with Crippen LogP contribution in [0.1, 0.15) is 16.1 Å². The van der Waals surface area contributed by atoms with Crippen molar-refractivity contribution < 1.29 is 14.3 Å². The van der Waals surface area contributed by atoms with Crippen molar-refractivity contribution in [3.05, 3.63) is 41.9 Å². The van der Waals surface area contributed by atoms with Gasteiger partial charge in [0.05, 0.1) is 16.6 Å². The Labute approximate surface area is 102 Å². The summed E-state index contributed by atoms with van der Waals surface area (Å²) < 4.78 is 5.22. The lowest BCUT2D eigenvalue weighted by atomic mass is 10.2. The largest absolute Gasteiger partial charge is 0.478 e. The van der Waals surface area contributed by atoms with Crippen molar-refractivity contribution in [1.29, 1.82) is 0 Å². The maximum Gasteiger partial charge on any atom is 0.337 e. The van der Waals surface area contributed by atoms with Gasteiger partial charge in [0, 0.05) is 0 Å². The summed E-state index contributed by atoms with van der Waals surface area (Å²) in [7, 11) is 0. The fourth-order valence-corrected chi connectivity index (χ4v) is 1.91. The Morgan fingerprint density at radius 2 is 2.28 bits per heavy atom. The van der Waals surface area contributed by atoms with E-state index in [1.54, 1.807) is 18.4 Å². The molecule has 0 amide bonds. The van der Waals surface area contributed by atoms with E-state index in [4.69, 9.17) is 9.52 Å². The number of aryl methyl sites for hydroxylation is 1. The molecule has 90 valence electrons. The highest BCUT2D eigenvalue weighted by molar-refractivity contribution is 6.01. The van der Waals surface area contributed by atoms with E-state index in [0.29, 0.717) is 16.9 Å². The van der Waals surface area contributed by atoms with Gasteiger partial charge in [-0.3, -0.25) is 0 Å². The Hall–Kier alpha value is -2.56. The highest BCUT2D eigenvalue weighted by atomic mass is 16.4. The van der Waals surface area contributed by atoms with Crippen LogP contribution in [-0.4, -0.2) is 21.0 Å². The molecular weight excluding hydrogens is 232 g/mol. The van der Waals surface area contributed by atoms with Crippen LogP contribution < -0.4 is 0 Å².